The average Bonchev–Trinajstić information content (AvgIpc) is 2.91. The van der Waals surface area contributed by atoms with Crippen LogP contribution >= 0.6 is 11.3 Å². The Balaban J connectivity index is 1.94. The second-order valence-electron chi connectivity index (χ2n) is 4.80. The van der Waals surface area contributed by atoms with Gasteiger partial charge in [-0.3, -0.25) is 9.59 Å². The fourth-order valence-corrected chi connectivity index (χ4v) is 2.80. The van der Waals surface area contributed by atoms with Crippen molar-refractivity contribution >= 4 is 28.8 Å². The van der Waals surface area contributed by atoms with Gasteiger partial charge in [-0.15, -0.1) is 11.3 Å². The van der Waals surface area contributed by atoms with Crippen LogP contribution < -0.4 is 10.6 Å². The third-order valence-corrected chi connectivity index (χ3v) is 4.02. The molecule has 0 saturated heterocycles. The van der Waals surface area contributed by atoms with E-state index in [1.165, 1.54) is 18.4 Å². The van der Waals surface area contributed by atoms with Crippen LogP contribution in [0.25, 0.3) is 0 Å². The lowest BCUT2D eigenvalue weighted by Gasteiger charge is -2.08. The van der Waals surface area contributed by atoms with Gasteiger partial charge in [0.05, 0.1) is 4.88 Å². The summed E-state index contributed by atoms with van der Waals surface area (Å²) in [5, 5.41) is 7.51. The highest BCUT2D eigenvalue weighted by Crippen LogP contribution is 2.16. The van der Waals surface area contributed by atoms with E-state index in [-0.39, 0.29) is 18.4 Å². The molecule has 1 heterocycles. The Kier molecular flexibility index (Phi) is 5.68. The minimum Gasteiger partial charge on any atom is -0.375 e. The van der Waals surface area contributed by atoms with E-state index < -0.39 is 0 Å². The smallest absolute Gasteiger partial charge is 0.261 e. The number of ether oxygens (including phenoxy) is 1. The van der Waals surface area contributed by atoms with Crippen LogP contribution in [-0.2, 0) is 16.1 Å². The number of hydrogen-bond donors (Lipinski definition) is 2. The van der Waals surface area contributed by atoms with Crippen molar-refractivity contribution in [3.63, 3.8) is 0 Å². The van der Waals surface area contributed by atoms with Crippen LogP contribution in [0.5, 0.6) is 0 Å². The summed E-state index contributed by atoms with van der Waals surface area (Å²) in [6.45, 7) is 2.33. The number of benzene rings is 1. The number of aryl methyl sites for hydroxylation is 1. The van der Waals surface area contributed by atoms with Gasteiger partial charge in [0.1, 0.15) is 6.61 Å². The fourth-order valence-electron chi connectivity index (χ4n) is 1.96. The van der Waals surface area contributed by atoms with Crippen LogP contribution in [0, 0.1) is 6.92 Å². The van der Waals surface area contributed by atoms with Crippen molar-refractivity contribution in [3.05, 3.63) is 51.7 Å². The molecule has 0 aliphatic rings. The molecular weight excluding hydrogens is 300 g/mol. The number of nitrogens with one attached hydrogen (secondary N) is 2. The summed E-state index contributed by atoms with van der Waals surface area (Å²) in [6.07, 6.45) is 0. The first kappa shape index (κ1) is 16.2. The van der Waals surface area contributed by atoms with Crippen molar-refractivity contribution in [2.45, 2.75) is 13.5 Å². The van der Waals surface area contributed by atoms with E-state index in [1.807, 2.05) is 36.6 Å². The molecule has 2 amide bonds. The largest absolute Gasteiger partial charge is 0.375 e. The summed E-state index contributed by atoms with van der Waals surface area (Å²) in [5.74, 6) is -0.292. The molecule has 116 valence electrons. The topological polar surface area (TPSA) is 67.4 Å². The van der Waals surface area contributed by atoms with Crippen LogP contribution in [0.4, 0.5) is 5.69 Å². The zero-order chi connectivity index (χ0) is 15.9. The van der Waals surface area contributed by atoms with E-state index in [4.69, 9.17) is 4.74 Å². The standard InChI is InChI=1S/C16H18N2O3S/c1-11-6-7-22-15(11)16(20)17-9-12-4-3-5-13(8-12)18-14(19)10-21-2/h3-8H,9-10H2,1-2H3,(H,17,20)(H,18,19). The van der Waals surface area contributed by atoms with Gasteiger partial charge in [-0.1, -0.05) is 12.1 Å². The van der Waals surface area contributed by atoms with Gasteiger partial charge in [-0.05, 0) is 41.6 Å². The van der Waals surface area contributed by atoms with Crippen molar-refractivity contribution in [2.75, 3.05) is 19.0 Å². The highest BCUT2D eigenvalue weighted by Gasteiger charge is 2.10. The van der Waals surface area contributed by atoms with Crippen molar-refractivity contribution in [2.24, 2.45) is 0 Å². The molecule has 2 aromatic rings. The number of methoxy groups -OCH3 is 1. The Morgan fingerprint density at radius 2 is 2.09 bits per heavy atom. The molecule has 0 spiro atoms. The number of hydrogen-bond acceptors (Lipinski definition) is 4. The molecule has 1 aromatic carbocycles. The Hall–Kier alpha value is -2.18. The van der Waals surface area contributed by atoms with Crippen LogP contribution in [0.1, 0.15) is 20.8 Å². The predicted molar refractivity (Wildman–Crippen MR) is 87.2 cm³/mol. The van der Waals surface area contributed by atoms with E-state index in [1.54, 1.807) is 6.07 Å². The molecule has 5 nitrogen and oxygen atoms in total. The summed E-state index contributed by atoms with van der Waals surface area (Å²) in [4.78, 5) is 24.3. The highest BCUT2D eigenvalue weighted by molar-refractivity contribution is 7.12. The molecular formula is C16H18N2O3S. The molecule has 6 heteroatoms. The van der Waals surface area contributed by atoms with Gasteiger partial charge in [-0.25, -0.2) is 0 Å². The number of anilines is 1. The third-order valence-electron chi connectivity index (χ3n) is 3.01. The molecule has 0 fully saturated rings. The van der Waals surface area contributed by atoms with Crippen molar-refractivity contribution in [1.29, 1.82) is 0 Å². The van der Waals surface area contributed by atoms with Gasteiger partial charge < -0.3 is 15.4 Å². The normalized spacial score (nSPS) is 10.3. The Labute approximate surface area is 133 Å². The lowest BCUT2D eigenvalue weighted by molar-refractivity contribution is -0.119. The molecule has 2 rings (SSSR count). The van der Waals surface area contributed by atoms with Gasteiger partial charge in [0.15, 0.2) is 0 Å². The molecule has 0 bridgehead atoms. The average molecular weight is 318 g/mol. The predicted octanol–water partition coefficient (Wildman–Crippen LogP) is 2.57. The number of carbonyl (C=O) groups is 2. The van der Waals surface area contributed by atoms with Crippen molar-refractivity contribution in [1.82, 2.24) is 5.32 Å². The SMILES string of the molecule is COCC(=O)Nc1cccc(CNC(=O)c2sccc2C)c1. The summed E-state index contributed by atoms with van der Waals surface area (Å²) >= 11 is 1.43. The third kappa shape index (κ3) is 4.41. The van der Waals surface area contributed by atoms with Crippen molar-refractivity contribution < 1.29 is 14.3 Å². The maximum Gasteiger partial charge on any atom is 0.261 e. The fraction of sp³-hybridized carbons (Fsp3) is 0.250. The summed E-state index contributed by atoms with van der Waals surface area (Å²) in [7, 11) is 1.47. The quantitative estimate of drug-likeness (QED) is 0.860. The van der Waals surface area contributed by atoms with Crippen LogP contribution in [0.2, 0.25) is 0 Å². The molecule has 1 aromatic heterocycles. The monoisotopic (exact) mass is 318 g/mol. The first-order valence-corrected chi connectivity index (χ1v) is 7.68. The van der Waals surface area contributed by atoms with Gasteiger partial charge in [0.2, 0.25) is 5.91 Å². The van der Waals surface area contributed by atoms with Crippen LogP contribution in [-0.4, -0.2) is 25.5 Å². The summed E-state index contributed by atoms with van der Waals surface area (Å²) in [5.41, 5.74) is 2.57. The van der Waals surface area contributed by atoms with Gasteiger partial charge in [0.25, 0.3) is 5.91 Å². The Morgan fingerprint density at radius 3 is 2.77 bits per heavy atom. The van der Waals surface area contributed by atoms with Gasteiger partial charge >= 0.3 is 0 Å². The number of rotatable bonds is 6. The Bertz CT molecular complexity index is 667. The number of thiophene rings is 1. The highest BCUT2D eigenvalue weighted by atomic mass is 32.1. The molecule has 0 radical (unpaired) electrons. The molecule has 0 atom stereocenters. The van der Waals surface area contributed by atoms with Gasteiger partial charge in [-0.2, -0.15) is 0 Å². The minimum atomic E-state index is -0.210. The lowest BCUT2D eigenvalue weighted by atomic mass is 10.2. The Morgan fingerprint density at radius 1 is 1.27 bits per heavy atom. The number of carbonyl (C=O) groups excluding carboxylic acids is 2. The van der Waals surface area contributed by atoms with E-state index >= 15 is 0 Å². The van der Waals surface area contributed by atoms with Crippen molar-refractivity contribution in [3.8, 4) is 0 Å². The van der Waals surface area contributed by atoms with Crippen LogP contribution in [0.3, 0.4) is 0 Å². The molecule has 22 heavy (non-hydrogen) atoms. The van der Waals surface area contributed by atoms with E-state index in [2.05, 4.69) is 10.6 Å². The molecule has 0 saturated carbocycles. The second kappa shape index (κ2) is 7.72. The number of amides is 2. The molecule has 0 aliphatic heterocycles. The van der Waals surface area contributed by atoms with E-state index in [9.17, 15) is 9.59 Å². The van der Waals surface area contributed by atoms with Gasteiger partial charge in [0, 0.05) is 19.3 Å². The summed E-state index contributed by atoms with van der Waals surface area (Å²) in [6, 6.07) is 9.27. The maximum absolute atomic E-state index is 12.1. The molecule has 0 aliphatic carbocycles. The zero-order valence-electron chi connectivity index (χ0n) is 12.5. The molecule has 0 unspecified atom stereocenters. The minimum absolute atomic E-state index is 0.0125. The summed E-state index contributed by atoms with van der Waals surface area (Å²) < 4.78 is 4.77. The lowest BCUT2D eigenvalue weighted by Crippen LogP contribution is -2.22. The maximum atomic E-state index is 12.1. The second-order valence-corrected chi connectivity index (χ2v) is 5.71. The first-order chi connectivity index (χ1) is 10.6. The first-order valence-electron chi connectivity index (χ1n) is 6.80. The van der Waals surface area contributed by atoms with E-state index in [0.717, 1.165) is 16.0 Å². The van der Waals surface area contributed by atoms with Crippen LogP contribution in [0.15, 0.2) is 35.7 Å². The molecule has 2 N–H and O–H groups in total. The van der Waals surface area contributed by atoms with E-state index in [0.29, 0.717) is 12.2 Å². The zero-order valence-corrected chi connectivity index (χ0v) is 13.3.